The van der Waals surface area contributed by atoms with Crippen LogP contribution in [0.15, 0.2) is 24.3 Å². The maximum atomic E-state index is 12.2. The lowest BCUT2D eigenvalue weighted by Gasteiger charge is -2.35. The van der Waals surface area contributed by atoms with E-state index in [9.17, 15) is 4.79 Å². The molecule has 24 heavy (non-hydrogen) atoms. The third kappa shape index (κ3) is 3.90. The number of benzene rings is 1. The molecule has 0 radical (unpaired) electrons. The Bertz CT molecular complexity index is 575. The number of rotatable bonds is 5. The average Bonchev–Trinajstić information content (AvgIpc) is 2.96. The van der Waals surface area contributed by atoms with E-state index in [1.165, 1.54) is 5.56 Å². The minimum absolute atomic E-state index is 0.0368. The van der Waals surface area contributed by atoms with Gasteiger partial charge in [0.2, 0.25) is 5.91 Å². The molecule has 0 bridgehead atoms. The minimum Gasteiger partial charge on any atom is -0.497 e. The van der Waals surface area contributed by atoms with Crippen molar-refractivity contribution in [3.8, 4) is 5.75 Å². The van der Waals surface area contributed by atoms with Crippen LogP contribution in [0.25, 0.3) is 0 Å². The molecule has 1 N–H and O–H groups in total. The highest BCUT2D eigenvalue weighted by molar-refractivity contribution is 5.81. The molecule has 1 aromatic rings. The van der Waals surface area contributed by atoms with Crippen molar-refractivity contribution in [3.63, 3.8) is 0 Å². The number of nitrogens with one attached hydrogen (secondary N) is 1. The van der Waals surface area contributed by atoms with Gasteiger partial charge in [0.25, 0.3) is 0 Å². The lowest BCUT2D eigenvalue weighted by molar-refractivity contribution is -0.144. The Morgan fingerprint density at radius 1 is 1.38 bits per heavy atom. The Labute approximate surface area is 144 Å². The molecule has 5 nitrogen and oxygen atoms in total. The fourth-order valence-corrected chi connectivity index (χ4v) is 3.79. The van der Waals surface area contributed by atoms with Gasteiger partial charge >= 0.3 is 0 Å². The van der Waals surface area contributed by atoms with E-state index in [0.29, 0.717) is 6.04 Å². The predicted octanol–water partition coefficient (Wildman–Crippen LogP) is 2.34. The van der Waals surface area contributed by atoms with Crippen molar-refractivity contribution in [2.75, 3.05) is 13.7 Å². The molecule has 1 amide bonds. The summed E-state index contributed by atoms with van der Waals surface area (Å²) >= 11 is 0. The van der Waals surface area contributed by atoms with Crippen molar-refractivity contribution >= 4 is 5.91 Å². The first-order chi connectivity index (χ1) is 11.6. The van der Waals surface area contributed by atoms with E-state index in [4.69, 9.17) is 9.47 Å². The number of fused-ring (bicyclic) bond motifs is 1. The van der Waals surface area contributed by atoms with Crippen molar-refractivity contribution in [1.82, 2.24) is 10.2 Å². The number of hydrogen-bond acceptors (Lipinski definition) is 4. The van der Waals surface area contributed by atoms with Gasteiger partial charge in [-0.05, 0) is 50.8 Å². The Hall–Kier alpha value is -1.59. The third-order valence-electron chi connectivity index (χ3n) is 4.91. The first-order valence-corrected chi connectivity index (χ1v) is 8.89. The van der Waals surface area contributed by atoms with E-state index in [0.717, 1.165) is 38.1 Å². The summed E-state index contributed by atoms with van der Waals surface area (Å²) in [6, 6.07) is 8.81. The molecule has 1 aromatic carbocycles. The van der Waals surface area contributed by atoms with E-state index < -0.39 is 0 Å². The number of carbonyl (C=O) groups is 1. The summed E-state index contributed by atoms with van der Waals surface area (Å²) in [4.78, 5) is 14.7. The first kappa shape index (κ1) is 17.2. The first-order valence-electron chi connectivity index (χ1n) is 8.89. The molecule has 2 heterocycles. The molecule has 2 aliphatic rings. The van der Waals surface area contributed by atoms with Crippen molar-refractivity contribution in [2.24, 2.45) is 0 Å². The second-order valence-corrected chi connectivity index (χ2v) is 7.08. The number of carbonyl (C=O) groups excluding carboxylic acids is 1. The monoisotopic (exact) mass is 332 g/mol. The van der Waals surface area contributed by atoms with Crippen LogP contribution in [0.1, 0.15) is 38.7 Å². The SMILES string of the molecule is COc1cccc(CN2CC[C@H]3O[C@@H](C(=O)NC(C)C)CC[C@H]32)c1. The zero-order valence-electron chi connectivity index (χ0n) is 14.8. The smallest absolute Gasteiger partial charge is 0.249 e. The number of methoxy groups -OCH3 is 1. The van der Waals surface area contributed by atoms with Gasteiger partial charge in [-0.3, -0.25) is 9.69 Å². The maximum absolute atomic E-state index is 12.2. The summed E-state index contributed by atoms with van der Waals surface area (Å²) in [6.07, 6.45) is 2.71. The van der Waals surface area contributed by atoms with E-state index in [1.807, 2.05) is 26.0 Å². The highest BCUT2D eigenvalue weighted by Gasteiger charge is 2.41. The highest BCUT2D eigenvalue weighted by Crippen LogP contribution is 2.32. The van der Waals surface area contributed by atoms with Crippen molar-refractivity contribution < 1.29 is 14.3 Å². The molecule has 2 saturated heterocycles. The summed E-state index contributed by atoms with van der Waals surface area (Å²) in [7, 11) is 1.70. The molecule has 0 aliphatic carbocycles. The van der Waals surface area contributed by atoms with Gasteiger partial charge in [-0.1, -0.05) is 12.1 Å². The van der Waals surface area contributed by atoms with Gasteiger partial charge in [0.1, 0.15) is 11.9 Å². The van der Waals surface area contributed by atoms with E-state index in [-0.39, 0.29) is 24.2 Å². The van der Waals surface area contributed by atoms with Gasteiger partial charge in [-0.15, -0.1) is 0 Å². The molecule has 0 saturated carbocycles. The fourth-order valence-electron chi connectivity index (χ4n) is 3.79. The number of hydrogen-bond donors (Lipinski definition) is 1. The number of likely N-dealkylation sites (tertiary alicyclic amines) is 1. The molecular formula is C19H28N2O3. The Morgan fingerprint density at radius 2 is 2.21 bits per heavy atom. The van der Waals surface area contributed by atoms with Crippen molar-refractivity contribution in [3.05, 3.63) is 29.8 Å². The molecule has 3 atom stereocenters. The average molecular weight is 332 g/mol. The zero-order valence-corrected chi connectivity index (χ0v) is 14.8. The van der Waals surface area contributed by atoms with Crippen LogP contribution in [-0.2, 0) is 16.1 Å². The van der Waals surface area contributed by atoms with Gasteiger partial charge in [0, 0.05) is 25.2 Å². The van der Waals surface area contributed by atoms with Crippen molar-refractivity contribution in [2.45, 2.75) is 63.9 Å². The minimum atomic E-state index is -0.287. The topological polar surface area (TPSA) is 50.8 Å². The predicted molar refractivity (Wildman–Crippen MR) is 93.0 cm³/mol. The summed E-state index contributed by atoms with van der Waals surface area (Å²) in [6.45, 7) is 5.89. The second-order valence-electron chi connectivity index (χ2n) is 7.08. The third-order valence-corrected chi connectivity index (χ3v) is 4.91. The molecule has 0 unspecified atom stereocenters. The number of amides is 1. The number of ether oxygens (including phenoxy) is 2. The molecule has 2 aliphatic heterocycles. The van der Waals surface area contributed by atoms with E-state index in [2.05, 4.69) is 22.3 Å². The van der Waals surface area contributed by atoms with Crippen LogP contribution in [-0.4, -0.2) is 48.8 Å². The lowest BCUT2D eigenvalue weighted by Crippen LogP contribution is -2.48. The van der Waals surface area contributed by atoms with Crippen LogP contribution in [0.2, 0.25) is 0 Å². The zero-order chi connectivity index (χ0) is 17.1. The van der Waals surface area contributed by atoms with Gasteiger partial charge < -0.3 is 14.8 Å². The summed E-state index contributed by atoms with van der Waals surface area (Å²) in [5.41, 5.74) is 1.26. The molecular weight excluding hydrogens is 304 g/mol. The van der Waals surface area contributed by atoms with Gasteiger partial charge in [0.05, 0.1) is 13.2 Å². The fraction of sp³-hybridized carbons (Fsp3) is 0.632. The van der Waals surface area contributed by atoms with Crippen LogP contribution < -0.4 is 10.1 Å². The summed E-state index contributed by atoms with van der Waals surface area (Å²) in [5, 5.41) is 2.96. The molecule has 0 spiro atoms. The largest absolute Gasteiger partial charge is 0.497 e. The Balaban J connectivity index is 1.58. The van der Waals surface area contributed by atoms with E-state index >= 15 is 0 Å². The quantitative estimate of drug-likeness (QED) is 0.899. The second kappa shape index (κ2) is 7.53. The van der Waals surface area contributed by atoms with E-state index in [1.54, 1.807) is 7.11 Å². The van der Waals surface area contributed by atoms with Crippen molar-refractivity contribution in [1.29, 1.82) is 0 Å². The molecule has 3 rings (SSSR count). The highest BCUT2D eigenvalue weighted by atomic mass is 16.5. The summed E-state index contributed by atoms with van der Waals surface area (Å²) in [5.74, 6) is 0.934. The van der Waals surface area contributed by atoms with Gasteiger partial charge in [-0.25, -0.2) is 0 Å². The van der Waals surface area contributed by atoms with Crippen LogP contribution in [0.4, 0.5) is 0 Å². The maximum Gasteiger partial charge on any atom is 0.249 e. The van der Waals surface area contributed by atoms with Crippen LogP contribution >= 0.6 is 0 Å². The normalized spacial score (nSPS) is 27.1. The Kier molecular flexibility index (Phi) is 5.41. The molecule has 0 aromatic heterocycles. The Morgan fingerprint density at radius 3 is 2.96 bits per heavy atom. The molecule has 132 valence electrons. The van der Waals surface area contributed by atoms with Crippen LogP contribution in [0.3, 0.4) is 0 Å². The van der Waals surface area contributed by atoms with Crippen LogP contribution in [0, 0.1) is 0 Å². The van der Waals surface area contributed by atoms with Gasteiger partial charge in [-0.2, -0.15) is 0 Å². The molecule has 5 heteroatoms. The van der Waals surface area contributed by atoms with Crippen LogP contribution in [0.5, 0.6) is 5.75 Å². The lowest BCUT2D eigenvalue weighted by atomic mass is 9.98. The van der Waals surface area contributed by atoms with Gasteiger partial charge in [0.15, 0.2) is 0 Å². The summed E-state index contributed by atoms with van der Waals surface area (Å²) < 4.78 is 11.4. The molecule has 2 fully saturated rings. The standard InChI is InChI=1S/C19H28N2O3/c1-13(2)20-19(22)18-8-7-16-17(24-18)9-10-21(16)12-14-5-4-6-15(11-14)23-3/h4-6,11,13,16-18H,7-10,12H2,1-3H3,(H,20,22)/t16-,17-,18-/m1/s1. The number of nitrogens with zero attached hydrogens (tertiary/aromatic N) is 1.